The van der Waals surface area contributed by atoms with Crippen LogP contribution in [0.4, 0.5) is 0 Å². The predicted octanol–water partition coefficient (Wildman–Crippen LogP) is 3.44. The van der Waals surface area contributed by atoms with Crippen molar-refractivity contribution in [1.29, 1.82) is 0 Å². The molecule has 0 aliphatic rings. The molecule has 0 amide bonds. The zero-order chi connectivity index (χ0) is 14.6. The highest BCUT2D eigenvalue weighted by Gasteiger charge is 2.33. The highest BCUT2D eigenvalue weighted by molar-refractivity contribution is 5.33. The fraction of sp³-hybridized carbons (Fsp3) is 0.412. The number of hydrogen-bond acceptors (Lipinski definition) is 2. The first kappa shape index (κ1) is 14.5. The van der Waals surface area contributed by atoms with Gasteiger partial charge < -0.3 is 4.98 Å². The predicted molar refractivity (Wildman–Crippen MR) is 82.0 cm³/mol. The zero-order valence-electron chi connectivity index (χ0n) is 12.4. The van der Waals surface area contributed by atoms with E-state index in [2.05, 4.69) is 35.9 Å². The smallest absolute Gasteiger partial charge is 0.251 e. The first-order valence-electron chi connectivity index (χ1n) is 7.32. The van der Waals surface area contributed by atoms with Crippen LogP contribution in [-0.4, -0.2) is 9.97 Å². The van der Waals surface area contributed by atoms with Crippen LogP contribution >= 0.6 is 0 Å². The molecule has 20 heavy (non-hydrogen) atoms. The normalized spacial score (nSPS) is 11.6. The van der Waals surface area contributed by atoms with Gasteiger partial charge in [0.25, 0.3) is 5.56 Å². The van der Waals surface area contributed by atoms with Crippen LogP contribution in [0.2, 0.25) is 0 Å². The first-order valence-corrected chi connectivity index (χ1v) is 7.32. The molecule has 0 bridgehead atoms. The van der Waals surface area contributed by atoms with Gasteiger partial charge in [0.15, 0.2) is 0 Å². The number of nitrogens with zero attached hydrogens (tertiary/aromatic N) is 1. The van der Waals surface area contributed by atoms with Crippen LogP contribution in [0.1, 0.15) is 50.7 Å². The minimum atomic E-state index is -0.217. The molecule has 2 aromatic rings. The van der Waals surface area contributed by atoms with E-state index in [0.29, 0.717) is 0 Å². The third-order valence-corrected chi connectivity index (χ3v) is 4.14. The van der Waals surface area contributed by atoms with E-state index < -0.39 is 0 Å². The second kappa shape index (κ2) is 6.04. The molecule has 1 heterocycles. The Kier molecular flexibility index (Phi) is 4.38. The number of aromatic amines is 1. The van der Waals surface area contributed by atoms with Crippen molar-refractivity contribution >= 4 is 0 Å². The highest BCUT2D eigenvalue weighted by Crippen LogP contribution is 2.36. The minimum Gasteiger partial charge on any atom is -0.310 e. The molecule has 0 aliphatic heterocycles. The SMILES string of the molecule is CCc1cc(=O)[nH]c(C(CC)(CC)c2ccccc2)n1. The van der Waals surface area contributed by atoms with E-state index in [1.165, 1.54) is 5.56 Å². The molecular weight excluding hydrogens is 248 g/mol. The van der Waals surface area contributed by atoms with Crippen molar-refractivity contribution in [2.45, 2.75) is 45.4 Å². The lowest BCUT2D eigenvalue weighted by Gasteiger charge is -2.31. The summed E-state index contributed by atoms with van der Waals surface area (Å²) in [7, 11) is 0. The summed E-state index contributed by atoms with van der Waals surface area (Å²) < 4.78 is 0. The van der Waals surface area contributed by atoms with Crippen LogP contribution in [0.25, 0.3) is 0 Å². The molecule has 106 valence electrons. The van der Waals surface area contributed by atoms with Gasteiger partial charge in [-0.2, -0.15) is 0 Å². The molecule has 0 saturated carbocycles. The van der Waals surface area contributed by atoms with Gasteiger partial charge in [-0.1, -0.05) is 51.1 Å². The molecule has 0 unspecified atom stereocenters. The van der Waals surface area contributed by atoms with Crippen molar-refractivity contribution in [3.8, 4) is 0 Å². The van der Waals surface area contributed by atoms with Crippen molar-refractivity contribution in [2.24, 2.45) is 0 Å². The Morgan fingerprint density at radius 2 is 1.75 bits per heavy atom. The lowest BCUT2D eigenvalue weighted by Crippen LogP contribution is -2.31. The lowest BCUT2D eigenvalue weighted by molar-refractivity contribution is 0.445. The summed E-state index contributed by atoms with van der Waals surface area (Å²) in [6.07, 6.45) is 2.59. The maximum absolute atomic E-state index is 11.9. The lowest BCUT2D eigenvalue weighted by atomic mass is 9.75. The third kappa shape index (κ3) is 2.53. The second-order valence-electron chi connectivity index (χ2n) is 5.09. The fourth-order valence-electron chi connectivity index (χ4n) is 2.80. The number of rotatable bonds is 5. The summed E-state index contributed by atoms with van der Waals surface area (Å²) in [4.78, 5) is 19.5. The summed E-state index contributed by atoms with van der Waals surface area (Å²) in [6.45, 7) is 6.32. The summed E-state index contributed by atoms with van der Waals surface area (Å²) in [6, 6.07) is 11.9. The third-order valence-electron chi connectivity index (χ3n) is 4.14. The maximum atomic E-state index is 11.9. The van der Waals surface area contributed by atoms with E-state index in [0.717, 1.165) is 30.8 Å². The molecule has 0 saturated heterocycles. The van der Waals surface area contributed by atoms with Crippen LogP contribution in [0, 0.1) is 0 Å². The van der Waals surface area contributed by atoms with Gasteiger partial charge in [0.05, 0.1) is 5.41 Å². The quantitative estimate of drug-likeness (QED) is 0.904. The topological polar surface area (TPSA) is 45.8 Å². The molecule has 0 aliphatic carbocycles. The van der Waals surface area contributed by atoms with E-state index in [-0.39, 0.29) is 11.0 Å². The monoisotopic (exact) mass is 270 g/mol. The average Bonchev–Trinajstić information content (AvgIpc) is 2.49. The van der Waals surface area contributed by atoms with E-state index in [9.17, 15) is 4.79 Å². The van der Waals surface area contributed by atoms with Crippen LogP contribution < -0.4 is 5.56 Å². The molecular formula is C17H22N2O. The van der Waals surface area contributed by atoms with E-state index in [4.69, 9.17) is 0 Å². The van der Waals surface area contributed by atoms with Crippen LogP contribution in [0.15, 0.2) is 41.2 Å². The molecule has 0 spiro atoms. The Bertz CT molecular complexity index is 612. The molecule has 0 fully saturated rings. The Labute approximate surface area is 120 Å². The van der Waals surface area contributed by atoms with E-state index in [1.807, 2.05) is 25.1 Å². The number of aromatic nitrogens is 2. The number of hydrogen-bond donors (Lipinski definition) is 1. The van der Waals surface area contributed by atoms with Crippen molar-refractivity contribution < 1.29 is 0 Å². The molecule has 2 rings (SSSR count). The summed E-state index contributed by atoms with van der Waals surface area (Å²) >= 11 is 0. The van der Waals surface area contributed by atoms with Crippen LogP contribution in [0.5, 0.6) is 0 Å². The largest absolute Gasteiger partial charge is 0.310 e. The summed E-state index contributed by atoms with van der Waals surface area (Å²) in [5, 5.41) is 0. The van der Waals surface area contributed by atoms with Crippen molar-refractivity contribution in [3.05, 3.63) is 63.8 Å². The molecule has 1 aromatic heterocycles. The molecule has 0 atom stereocenters. The van der Waals surface area contributed by atoms with E-state index in [1.54, 1.807) is 6.07 Å². The molecule has 0 radical (unpaired) electrons. The van der Waals surface area contributed by atoms with Gasteiger partial charge in [0.2, 0.25) is 0 Å². The Morgan fingerprint density at radius 3 is 2.30 bits per heavy atom. The summed E-state index contributed by atoms with van der Waals surface area (Å²) in [5.41, 5.74) is 1.78. The van der Waals surface area contributed by atoms with Crippen LogP contribution in [0.3, 0.4) is 0 Å². The summed E-state index contributed by atoms with van der Waals surface area (Å²) in [5.74, 6) is 0.790. The Morgan fingerprint density at radius 1 is 1.10 bits per heavy atom. The Hall–Kier alpha value is -1.90. The average molecular weight is 270 g/mol. The van der Waals surface area contributed by atoms with Crippen molar-refractivity contribution in [2.75, 3.05) is 0 Å². The van der Waals surface area contributed by atoms with Gasteiger partial charge in [-0.3, -0.25) is 4.79 Å². The first-order chi connectivity index (χ1) is 9.66. The molecule has 3 heteroatoms. The number of aryl methyl sites for hydroxylation is 1. The van der Waals surface area contributed by atoms with Crippen LogP contribution in [-0.2, 0) is 11.8 Å². The van der Waals surface area contributed by atoms with Gasteiger partial charge in [-0.25, -0.2) is 4.98 Å². The molecule has 1 aromatic carbocycles. The number of H-pyrrole nitrogens is 1. The van der Waals surface area contributed by atoms with Gasteiger partial charge in [-0.15, -0.1) is 0 Å². The number of nitrogens with one attached hydrogen (secondary N) is 1. The number of benzene rings is 1. The fourth-order valence-corrected chi connectivity index (χ4v) is 2.80. The minimum absolute atomic E-state index is 0.0611. The van der Waals surface area contributed by atoms with E-state index >= 15 is 0 Å². The zero-order valence-corrected chi connectivity index (χ0v) is 12.4. The maximum Gasteiger partial charge on any atom is 0.251 e. The van der Waals surface area contributed by atoms with Crippen molar-refractivity contribution in [1.82, 2.24) is 9.97 Å². The van der Waals surface area contributed by atoms with Gasteiger partial charge >= 0.3 is 0 Å². The van der Waals surface area contributed by atoms with Gasteiger partial charge in [-0.05, 0) is 24.8 Å². The second-order valence-corrected chi connectivity index (χ2v) is 5.09. The standard InChI is InChI=1S/C17H22N2O/c1-4-14-12-15(20)19-16(18-14)17(5-2,6-3)13-10-8-7-9-11-13/h7-12H,4-6H2,1-3H3,(H,18,19,20). The Balaban J connectivity index is 2.65. The molecule has 1 N–H and O–H groups in total. The van der Waals surface area contributed by atoms with Crippen molar-refractivity contribution in [3.63, 3.8) is 0 Å². The van der Waals surface area contributed by atoms with Gasteiger partial charge in [0, 0.05) is 11.8 Å². The highest BCUT2D eigenvalue weighted by atomic mass is 16.1. The van der Waals surface area contributed by atoms with Gasteiger partial charge in [0.1, 0.15) is 5.82 Å². The molecule has 3 nitrogen and oxygen atoms in total.